The van der Waals surface area contributed by atoms with Gasteiger partial charge in [-0.05, 0) is 62.8 Å². The van der Waals surface area contributed by atoms with Gasteiger partial charge in [0.2, 0.25) is 5.91 Å². The third-order valence-corrected chi connectivity index (χ3v) is 6.47. The van der Waals surface area contributed by atoms with Crippen molar-refractivity contribution < 1.29 is 14.3 Å². The fourth-order valence-corrected chi connectivity index (χ4v) is 4.28. The molecule has 0 spiro atoms. The van der Waals surface area contributed by atoms with Crippen LogP contribution in [0.3, 0.4) is 0 Å². The van der Waals surface area contributed by atoms with Gasteiger partial charge >= 0.3 is 0 Å². The van der Waals surface area contributed by atoms with Crippen molar-refractivity contribution in [3.8, 4) is 5.75 Å². The van der Waals surface area contributed by atoms with Crippen LogP contribution in [0.2, 0.25) is 0 Å². The van der Waals surface area contributed by atoms with Crippen LogP contribution in [0.25, 0.3) is 0 Å². The molecule has 5 nitrogen and oxygen atoms in total. The van der Waals surface area contributed by atoms with Crippen LogP contribution in [0.4, 0.5) is 0 Å². The summed E-state index contributed by atoms with van der Waals surface area (Å²) in [4.78, 5) is 28.2. The Morgan fingerprint density at radius 1 is 1.06 bits per heavy atom. The van der Waals surface area contributed by atoms with E-state index in [1.54, 1.807) is 4.90 Å². The van der Waals surface area contributed by atoms with E-state index in [4.69, 9.17) is 4.74 Å². The summed E-state index contributed by atoms with van der Waals surface area (Å²) in [6.07, 6.45) is 4.89. The number of carbonyl (C=O) groups is 2. The molecule has 1 saturated carbocycles. The van der Waals surface area contributed by atoms with Crippen molar-refractivity contribution in [3.05, 3.63) is 64.7 Å². The van der Waals surface area contributed by atoms with E-state index in [0.717, 1.165) is 47.9 Å². The number of nitrogens with one attached hydrogen (secondary N) is 1. The Labute approximate surface area is 192 Å². The first-order chi connectivity index (χ1) is 15.4. The maximum absolute atomic E-state index is 13.3. The monoisotopic (exact) mass is 436 g/mol. The summed E-state index contributed by atoms with van der Waals surface area (Å²) in [6.45, 7) is 8.29. The molecule has 2 aromatic rings. The van der Waals surface area contributed by atoms with Crippen LogP contribution < -0.4 is 10.1 Å². The van der Waals surface area contributed by atoms with Crippen LogP contribution in [0.15, 0.2) is 42.5 Å². The molecule has 1 atom stereocenters. The number of ether oxygens (including phenoxy) is 1. The second-order valence-corrected chi connectivity index (χ2v) is 8.91. The van der Waals surface area contributed by atoms with Crippen molar-refractivity contribution in [3.63, 3.8) is 0 Å². The number of rotatable bonds is 9. The number of benzene rings is 2. The van der Waals surface area contributed by atoms with E-state index >= 15 is 0 Å². The highest BCUT2D eigenvalue weighted by atomic mass is 16.5. The van der Waals surface area contributed by atoms with Gasteiger partial charge < -0.3 is 15.0 Å². The molecule has 172 valence electrons. The van der Waals surface area contributed by atoms with Gasteiger partial charge in [0.25, 0.3) is 5.91 Å². The Morgan fingerprint density at radius 3 is 2.41 bits per heavy atom. The van der Waals surface area contributed by atoms with E-state index in [-0.39, 0.29) is 24.5 Å². The van der Waals surface area contributed by atoms with E-state index in [1.165, 1.54) is 0 Å². The minimum atomic E-state index is -0.522. The Hall–Kier alpha value is -2.82. The SMILES string of the molecule is CCC(C(=O)NC1CCCC1)N(Cc1ccc(C)cc1)C(=O)COc1cccc(C)c1C. The van der Waals surface area contributed by atoms with Gasteiger partial charge in [0.1, 0.15) is 11.8 Å². The fraction of sp³-hybridized carbons (Fsp3) is 0.481. The minimum Gasteiger partial charge on any atom is -0.483 e. The summed E-state index contributed by atoms with van der Waals surface area (Å²) in [7, 11) is 0. The lowest BCUT2D eigenvalue weighted by Gasteiger charge is -2.31. The number of hydrogen-bond donors (Lipinski definition) is 1. The molecule has 0 aromatic heterocycles. The van der Waals surface area contributed by atoms with E-state index in [1.807, 2.05) is 70.2 Å². The van der Waals surface area contributed by atoms with Gasteiger partial charge in [-0.1, -0.05) is 61.7 Å². The second kappa shape index (κ2) is 11.2. The smallest absolute Gasteiger partial charge is 0.261 e. The van der Waals surface area contributed by atoms with Crippen LogP contribution in [0.1, 0.15) is 61.3 Å². The molecule has 1 N–H and O–H groups in total. The Bertz CT molecular complexity index is 917. The molecule has 0 heterocycles. The molecular formula is C27H36N2O3. The van der Waals surface area contributed by atoms with Crippen LogP contribution in [-0.4, -0.2) is 35.4 Å². The summed E-state index contributed by atoms with van der Waals surface area (Å²) in [5.74, 6) is 0.462. The van der Waals surface area contributed by atoms with Gasteiger partial charge in [-0.2, -0.15) is 0 Å². The van der Waals surface area contributed by atoms with Crippen LogP contribution in [0.5, 0.6) is 5.75 Å². The summed E-state index contributed by atoms with van der Waals surface area (Å²) in [5, 5.41) is 3.18. The zero-order valence-corrected chi connectivity index (χ0v) is 19.8. The molecule has 1 fully saturated rings. The predicted molar refractivity (Wildman–Crippen MR) is 128 cm³/mol. The topological polar surface area (TPSA) is 58.6 Å². The molecule has 0 radical (unpaired) electrons. The number of amides is 2. The predicted octanol–water partition coefficient (Wildman–Crippen LogP) is 4.86. The first kappa shape index (κ1) is 23.8. The largest absolute Gasteiger partial charge is 0.483 e. The molecule has 2 amide bonds. The van der Waals surface area contributed by atoms with Crippen molar-refractivity contribution in [2.24, 2.45) is 0 Å². The molecule has 0 saturated heterocycles. The van der Waals surface area contributed by atoms with Crippen molar-refractivity contribution in [1.29, 1.82) is 0 Å². The van der Waals surface area contributed by atoms with Crippen LogP contribution >= 0.6 is 0 Å². The highest BCUT2D eigenvalue weighted by molar-refractivity contribution is 5.88. The molecule has 1 aliphatic rings. The van der Waals surface area contributed by atoms with Gasteiger partial charge in [0, 0.05) is 12.6 Å². The maximum atomic E-state index is 13.3. The lowest BCUT2D eigenvalue weighted by atomic mass is 10.1. The molecule has 5 heteroatoms. The average molecular weight is 437 g/mol. The zero-order chi connectivity index (χ0) is 23.1. The Morgan fingerprint density at radius 2 is 1.75 bits per heavy atom. The van der Waals surface area contributed by atoms with Crippen LogP contribution in [0, 0.1) is 20.8 Å². The molecule has 0 aliphatic heterocycles. The molecule has 1 aliphatic carbocycles. The van der Waals surface area contributed by atoms with E-state index in [9.17, 15) is 9.59 Å². The second-order valence-electron chi connectivity index (χ2n) is 8.91. The standard InChI is InChI=1S/C27H36N2O3/c1-5-24(27(31)28-23-10-6-7-11-23)29(17-22-15-13-19(2)14-16-22)26(30)18-32-25-12-8-9-20(3)21(25)4/h8-9,12-16,23-24H,5-7,10-11,17-18H2,1-4H3,(H,28,31). The first-order valence-corrected chi connectivity index (χ1v) is 11.7. The van der Waals surface area contributed by atoms with Crippen molar-refractivity contribution >= 4 is 11.8 Å². The van der Waals surface area contributed by atoms with Crippen LogP contribution in [-0.2, 0) is 16.1 Å². The van der Waals surface area contributed by atoms with Gasteiger partial charge in [0.15, 0.2) is 6.61 Å². The van der Waals surface area contributed by atoms with Gasteiger partial charge in [-0.3, -0.25) is 9.59 Å². The molecular weight excluding hydrogens is 400 g/mol. The van der Waals surface area contributed by atoms with E-state index in [2.05, 4.69) is 5.32 Å². The van der Waals surface area contributed by atoms with Crippen molar-refractivity contribution in [2.75, 3.05) is 6.61 Å². The maximum Gasteiger partial charge on any atom is 0.261 e. The number of hydrogen-bond acceptors (Lipinski definition) is 3. The zero-order valence-electron chi connectivity index (χ0n) is 19.8. The molecule has 2 aromatic carbocycles. The minimum absolute atomic E-state index is 0.0633. The van der Waals surface area contributed by atoms with E-state index in [0.29, 0.717) is 18.7 Å². The average Bonchev–Trinajstić information content (AvgIpc) is 3.28. The Kier molecular flexibility index (Phi) is 8.32. The number of nitrogens with zero attached hydrogens (tertiary/aromatic N) is 1. The molecule has 0 bridgehead atoms. The lowest BCUT2D eigenvalue weighted by molar-refractivity contribution is -0.143. The van der Waals surface area contributed by atoms with Gasteiger partial charge in [-0.15, -0.1) is 0 Å². The quantitative estimate of drug-likeness (QED) is 0.611. The fourth-order valence-electron chi connectivity index (χ4n) is 4.28. The third-order valence-electron chi connectivity index (χ3n) is 6.47. The molecule has 32 heavy (non-hydrogen) atoms. The normalized spacial score (nSPS) is 14.8. The van der Waals surface area contributed by atoms with Crippen molar-refractivity contribution in [2.45, 2.75) is 78.4 Å². The number of carbonyl (C=O) groups excluding carboxylic acids is 2. The molecule has 3 rings (SSSR count). The number of aryl methyl sites for hydroxylation is 2. The van der Waals surface area contributed by atoms with Gasteiger partial charge in [-0.25, -0.2) is 0 Å². The lowest BCUT2D eigenvalue weighted by Crippen LogP contribution is -2.52. The summed E-state index contributed by atoms with van der Waals surface area (Å²) in [5.41, 5.74) is 4.31. The summed E-state index contributed by atoms with van der Waals surface area (Å²) in [6, 6.07) is 13.6. The van der Waals surface area contributed by atoms with Gasteiger partial charge in [0.05, 0.1) is 0 Å². The summed E-state index contributed by atoms with van der Waals surface area (Å²) >= 11 is 0. The Balaban J connectivity index is 1.77. The first-order valence-electron chi connectivity index (χ1n) is 11.7. The van der Waals surface area contributed by atoms with E-state index < -0.39 is 6.04 Å². The summed E-state index contributed by atoms with van der Waals surface area (Å²) < 4.78 is 5.90. The van der Waals surface area contributed by atoms with Crippen molar-refractivity contribution in [1.82, 2.24) is 10.2 Å². The third kappa shape index (κ3) is 6.12. The highest BCUT2D eigenvalue weighted by Crippen LogP contribution is 2.22. The highest BCUT2D eigenvalue weighted by Gasteiger charge is 2.30. The molecule has 1 unspecified atom stereocenters.